The van der Waals surface area contributed by atoms with Crippen LogP contribution in [0, 0.1) is 5.92 Å². The van der Waals surface area contributed by atoms with E-state index < -0.39 is 12.0 Å². The lowest BCUT2D eigenvalue weighted by molar-refractivity contribution is -0.140. The number of carboxylic acids is 1. The van der Waals surface area contributed by atoms with Crippen molar-refractivity contribution >= 4 is 12.0 Å². The predicted octanol–water partition coefficient (Wildman–Crippen LogP) is 1.68. The van der Waals surface area contributed by atoms with Gasteiger partial charge in [-0.2, -0.15) is 0 Å². The smallest absolute Gasteiger partial charge is 0.326 e. The fourth-order valence-electron chi connectivity index (χ4n) is 2.13. The van der Waals surface area contributed by atoms with Crippen molar-refractivity contribution in [1.82, 2.24) is 10.2 Å². The Morgan fingerprint density at radius 1 is 1.53 bits per heavy atom. The highest BCUT2D eigenvalue weighted by molar-refractivity contribution is 5.83. The molecule has 98 valence electrons. The third-order valence-electron chi connectivity index (χ3n) is 3.57. The van der Waals surface area contributed by atoms with Gasteiger partial charge < -0.3 is 15.3 Å². The number of nitrogens with zero attached hydrogens (tertiary/aromatic N) is 1. The van der Waals surface area contributed by atoms with Crippen LogP contribution in [-0.2, 0) is 4.79 Å². The summed E-state index contributed by atoms with van der Waals surface area (Å²) in [7, 11) is 0. The lowest BCUT2D eigenvalue weighted by atomic mass is 9.99. The number of carbonyl (C=O) groups excluding carboxylic acids is 1. The Labute approximate surface area is 102 Å². The summed E-state index contributed by atoms with van der Waals surface area (Å²) in [4.78, 5) is 24.8. The standard InChI is InChI=1S/C12H22N2O3/c1-4-8(2)10(11(15)16)13-12(17)14-7-5-6-9(14)3/h8-10H,4-7H2,1-3H3,(H,13,17)(H,15,16)/t8-,9?,10-/m0/s1. The van der Waals surface area contributed by atoms with Crippen LogP contribution in [-0.4, -0.2) is 40.6 Å². The number of nitrogens with one attached hydrogen (secondary N) is 1. The summed E-state index contributed by atoms with van der Waals surface area (Å²) in [5.41, 5.74) is 0. The van der Waals surface area contributed by atoms with E-state index in [9.17, 15) is 9.59 Å². The third-order valence-corrected chi connectivity index (χ3v) is 3.57. The number of aliphatic carboxylic acids is 1. The molecule has 5 nitrogen and oxygen atoms in total. The molecule has 0 saturated carbocycles. The summed E-state index contributed by atoms with van der Waals surface area (Å²) in [6.07, 6.45) is 2.72. The number of rotatable bonds is 4. The molecule has 3 atom stereocenters. The van der Waals surface area contributed by atoms with Crippen molar-refractivity contribution in [2.45, 2.75) is 52.1 Å². The lowest BCUT2D eigenvalue weighted by Gasteiger charge is -2.26. The maximum Gasteiger partial charge on any atom is 0.326 e. The van der Waals surface area contributed by atoms with E-state index in [0.717, 1.165) is 25.8 Å². The first-order valence-corrected chi connectivity index (χ1v) is 6.27. The van der Waals surface area contributed by atoms with E-state index in [1.165, 1.54) is 0 Å². The molecular formula is C12H22N2O3. The van der Waals surface area contributed by atoms with Gasteiger partial charge in [-0.3, -0.25) is 0 Å². The zero-order chi connectivity index (χ0) is 13.0. The van der Waals surface area contributed by atoms with Crippen LogP contribution in [0.3, 0.4) is 0 Å². The molecule has 2 N–H and O–H groups in total. The number of carboxylic acid groups (broad SMARTS) is 1. The molecule has 1 fully saturated rings. The Morgan fingerprint density at radius 3 is 2.59 bits per heavy atom. The third kappa shape index (κ3) is 3.35. The molecule has 1 rings (SSSR count). The quantitative estimate of drug-likeness (QED) is 0.788. The summed E-state index contributed by atoms with van der Waals surface area (Å²) in [6.45, 7) is 6.48. The Balaban J connectivity index is 2.61. The zero-order valence-electron chi connectivity index (χ0n) is 10.8. The van der Waals surface area contributed by atoms with Gasteiger partial charge in [-0.1, -0.05) is 20.3 Å². The maximum absolute atomic E-state index is 11.9. The van der Waals surface area contributed by atoms with Gasteiger partial charge in [0.25, 0.3) is 0 Å². The fourth-order valence-corrected chi connectivity index (χ4v) is 2.13. The van der Waals surface area contributed by atoms with E-state index in [1.807, 2.05) is 20.8 Å². The van der Waals surface area contributed by atoms with Gasteiger partial charge in [-0.05, 0) is 25.7 Å². The Kier molecular flexibility index (Phi) is 4.78. The Hall–Kier alpha value is -1.26. The molecule has 1 saturated heterocycles. The molecule has 0 spiro atoms. The normalized spacial score (nSPS) is 23.2. The van der Waals surface area contributed by atoms with E-state index in [0.29, 0.717) is 0 Å². The van der Waals surface area contributed by atoms with Crippen molar-refractivity contribution in [2.75, 3.05) is 6.54 Å². The van der Waals surface area contributed by atoms with Gasteiger partial charge in [0.2, 0.25) is 0 Å². The number of hydrogen-bond donors (Lipinski definition) is 2. The van der Waals surface area contributed by atoms with E-state index in [-0.39, 0.29) is 18.0 Å². The van der Waals surface area contributed by atoms with Crippen molar-refractivity contribution in [2.24, 2.45) is 5.92 Å². The Bertz CT molecular complexity index is 293. The molecule has 1 heterocycles. The van der Waals surface area contributed by atoms with Gasteiger partial charge >= 0.3 is 12.0 Å². The number of carbonyl (C=O) groups is 2. The summed E-state index contributed by atoms with van der Waals surface area (Å²) in [6, 6.07) is -0.829. The average Bonchev–Trinajstić information content (AvgIpc) is 2.70. The molecule has 0 aromatic rings. The van der Waals surface area contributed by atoms with Gasteiger partial charge in [0, 0.05) is 12.6 Å². The molecule has 2 amide bonds. The second-order valence-corrected chi connectivity index (χ2v) is 4.84. The molecule has 1 unspecified atom stereocenters. The van der Waals surface area contributed by atoms with E-state index in [4.69, 9.17) is 5.11 Å². The molecule has 1 aliphatic heterocycles. The van der Waals surface area contributed by atoms with Crippen molar-refractivity contribution in [3.8, 4) is 0 Å². The van der Waals surface area contributed by atoms with Crippen LogP contribution in [0.4, 0.5) is 4.79 Å². The van der Waals surface area contributed by atoms with Crippen LogP contribution in [0.15, 0.2) is 0 Å². The SMILES string of the molecule is CC[C@H](C)[C@H](NC(=O)N1CCCC1C)C(=O)O. The zero-order valence-corrected chi connectivity index (χ0v) is 10.8. The summed E-state index contributed by atoms with van der Waals surface area (Å²) in [5, 5.41) is 11.7. The second-order valence-electron chi connectivity index (χ2n) is 4.84. The molecular weight excluding hydrogens is 220 g/mol. The van der Waals surface area contributed by atoms with Gasteiger partial charge in [0.05, 0.1) is 0 Å². The number of likely N-dealkylation sites (tertiary alicyclic amines) is 1. The van der Waals surface area contributed by atoms with Crippen LogP contribution < -0.4 is 5.32 Å². The topological polar surface area (TPSA) is 69.6 Å². The average molecular weight is 242 g/mol. The first-order chi connectivity index (χ1) is 7.97. The lowest BCUT2D eigenvalue weighted by Crippen LogP contribution is -2.51. The first-order valence-electron chi connectivity index (χ1n) is 6.27. The molecule has 0 aromatic heterocycles. The number of urea groups is 1. The molecule has 0 aromatic carbocycles. The van der Waals surface area contributed by atoms with Crippen LogP contribution >= 0.6 is 0 Å². The van der Waals surface area contributed by atoms with Crippen molar-refractivity contribution in [3.05, 3.63) is 0 Å². The molecule has 5 heteroatoms. The molecule has 1 aliphatic rings. The van der Waals surface area contributed by atoms with Crippen molar-refractivity contribution in [1.29, 1.82) is 0 Å². The monoisotopic (exact) mass is 242 g/mol. The van der Waals surface area contributed by atoms with Gasteiger partial charge in [0.15, 0.2) is 0 Å². The maximum atomic E-state index is 11.9. The summed E-state index contributed by atoms with van der Waals surface area (Å²) >= 11 is 0. The van der Waals surface area contributed by atoms with Crippen LogP contribution in [0.2, 0.25) is 0 Å². The fraction of sp³-hybridized carbons (Fsp3) is 0.833. The minimum Gasteiger partial charge on any atom is -0.480 e. The van der Waals surface area contributed by atoms with Crippen molar-refractivity contribution < 1.29 is 14.7 Å². The van der Waals surface area contributed by atoms with Crippen LogP contribution in [0.1, 0.15) is 40.0 Å². The van der Waals surface area contributed by atoms with Crippen molar-refractivity contribution in [3.63, 3.8) is 0 Å². The first kappa shape index (κ1) is 13.8. The highest BCUT2D eigenvalue weighted by Gasteiger charge is 2.30. The molecule has 0 bridgehead atoms. The van der Waals surface area contributed by atoms with E-state index in [1.54, 1.807) is 4.90 Å². The summed E-state index contributed by atoms with van der Waals surface area (Å²) < 4.78 is 0. The van der Waals surface area contributed by atoms with Crippen LogP contribution in [0.5, 0.6) is 0 Å². The van der Waals surface area contributed by atoms with Gasteiger partial charge in [0.1, 0.15) is 6.04 Å². The van der Waals surface area contributed by atoms with E-state index in [2.05, 4.69) is 5.32 Å². The minimum atomic E-state index is -0.959. The molecule has 0 aliphatic carbocycles. The number of amides is 2. The highest BCUT2D eigenvalue weighted by Crippen LogP contribution is 2.17. The Morgan fingerprint density at radius 2 is 2.18 bits per heavy atom. The largest absolute Gasteiger partial charge is 0.480 e. The van der Waals surface area contributed by atoms with Gasteiger partial charge in [-0.25, -0.2) is 9.59 Å². The minimum absolute atomic E-state index is 0.0608. The van der Waals surface area contributed by atoms with Gasteiger partial charge in [-0.15, -0.1) is 0 Å². The highest BCUT2D eigenvalue weighted by atomic mass is 16.4. The predicted molar refractivity (Wildman–Crippen MR) is 64.8 cm³/mol. The number of hydrogen-bond acceptors (Lipinski definition) is 2. The second kappa shape index (κ2) is 5.89. The molecule has 0 radical (unpaired) electrons. The molecule has 17 heavy (non-hydrogen) atoms. The summed E-state index contributed by atoms with van der Waals surface area (Å²) in [5.74, 6) is -1.02. The van der Waals surface area contributed by atoms with Crippen LogP contribution in [0.25, 0.3) is 0 Å². The van der Waals surface area contributed by atoms with E-state index >= 15 is 0 Å².